The summed E-state index contributed by atoms with van der Waals surface area (Å²) in [5.74, 6) is 0. The Morgan fingerprint density at radius 3 is 2.14 bits per heavy atom. The number of hydrogen-bond donors (Lipinski definition) is 1. The molecule has 0 aliphatic heterocycles. The summed E-state index contributed by atoms with van der Waals surface area (Å²) in [6.45, 7) is 0. The van der Waals surface area contributed by atoms with Gasteiger partial charge in [0.15, 0.2) is 0 Å². The van der Waals surface area contributed by atoms with Gasteiger partial charge >= 0.3 is 0 Å². The van der Waals surface area contributed by atoms with Crippen LogP contribution in [0.1, 0.15) is 25.7 Å². The molecule has 0 atom stereocenters. The molecule has 1 aliphatic rings. The average molecular weight is 102 g/mol. The van der Waals surface area contributed by atoms with Crippen LogP contribution in [0.3, 0.4) is 0 Å². The van der Waals surface area contributed by atoms with Crippen LogP contribution in [0.25, 0.3) is 0 Å². The van der Waals surface area contributed by atoms with Crippen molar-refractivity contribution in [2.45, 2.75) is 31.8 Å². The fraction of sp³-hybridized carbons (Fsp3) is 1.00. The average Bonchev–Trinajstić information content (AvgIpc) is 2.14. The number of hydrogen-bond acceptors (Lipinski definition) is 2. The molecular weight excluding hydrogens is 92.1 g/mol. The predicted octanol–water partition coefficient (Wildman–Crippen LogP) is 1.42. The minimum absolute atomic E-state index is 0.153. The first kappa shape index (κ1) is 5.06. The van der Waals surface area contributed by atoms with Gasteiger partial charge in [-0.25, -0.2) is 4.89 Å². The second-order valence-electron chi connectivity index (χ2n) is 2.01. The molecule has 1 aliphatic carbocycles. The lowest BCUT2D eigenvalue weighted by molar-refractivity contribution is -0.276. The zero-order chi connectivity index (χ0) is 5.11. The monoisotopic (exact) mass is 102 g/mol. The molecule has 7 heavy (non-hydrogen) atoms. The normalized spacial score (nSPS) is 23.6. The second-order valence-corrected chi connectivity index (χ2v) is 2.01. The van der Waals surface area contributed by atoms with Crippen LogP contribution in [-0.2, 0) is 4.89 Å². The molecule has 0 radical (unpaired) electrons. The topological polar surface area (TPSA) is 29.5 Å². The van der Waals surface area contributed by atoms with E-state index in [9.17, 15) is 0 Å². The van der Waals surface area contributed by atoms with Crippen LogP contribution < -0.4 is 0 Å². The third-order valence-corrected chi connectivity index (χ3v) is 1.45. The van der Waals surface area contributed by atoms with Gasteiger partial charge in [0.25, 0.3) is 0 Å². The Morgan fingerprint density at radius 2 is 1.86 bits per heavy atom. The van der Waals surface area contributed by atoms with E-state index in [1.807, 2.05) is 0 Å². The molecule has 2 heteroatoms. The maximum Gasteiger partial charge on any atom is 0.0927 e. The molecule has 2 nitrogen and oxygen atoms in total. The summed E-state index contributed by atoms with van der Waals surface area (Å²) in [5, 5.41) is 8.07. The van der Waals surface area contributed by atoms with Crippen LogP contribution in [-0.4, -0.2) is 11.4 Å². The van der Waals surface area contributed by atoms with Gasteiger partial charge < -0.3 is 0 Å². The van der Waals surface area contributed by atoms with Crippen molar-refractivity contribution in [1.29, 1.82) is 0 Å². The zero-order valence-corrected chi connectivity index (χ0v) is 4.26. The van der Waals surface area contributed by atoms with E-state index in [0.29, 0.717) is 0 Å². The Hall–Kier alpha value is -0.0800. The summed E-state index contributed by atoms with van der Waals surface area (Å²) in [5.41, 5.74) is 0. The van der Waals surface area contributed by atoms with Crippen LogP contribution in [0.2, 0.25) is 0 Å². The lowest BCUT2D eigenvalue weighted by atomic mass is 10.3. The third-order valence-electron chi connectivity index (χ3n) is 1.45. The predicted molar refractivity (Wildman–Crippen MR) is 26.0 cm³/mol. The van der Waals surface area contributed by atoms with E-state index in [1.165, 1.54) is 12.8 Å². The van der Waals surface area contributed by atoms with E-state index in [1.54, 1.807) is 0 Å². The third kappa shape index (κ3) is 1.14. The van der Waals surface area contributed by atoms with Gasteiger partial charge in [-0.15, -0.1) is 0 Å². The van der Waals surface area contributed by atoms with Crippen molar-refractivity contribution in [2.24, 2.45) is 0 Å². The summed E-state index contributed by atoms with van der Waals surface area (Å²) in [6.07, 6.45) is 4.66. The molecule has 0 saturated heterocycles. The molecule has 0 aromatic carbocycles. The van der Waals surface area contributed by atoms with Crippen molar-refractivity contribution in [3.63, 3.8) is 0 Å². The largest absolute Gasteiger partial charge is 0.252 e. The highest BCUT2D eigenvalue weighted by molar-refractivity contribution is 4.64. The summed E-state index contributed by atoms with van der Waals surface area (Å²) < 4.78 is 0. The molecule has 0 aromatic rings. The highest BCUT2D eigenvalue weighted by Gasteiger charge is 2.14. The maximum absolute atomic E-state index is 8.07. The fourth-order valence-corrected chi connectivity index (χ4v) is 0.994. The van der Waals surface area contributed by atoms with Crippen LogP contribution >= 0.6 is 0 Å². The standard InChI is InChI=1S/C5H10O2/c6-7-5-3-1-2-4-5/h5-6H,1-4H2. The van der Waals surface area contributed by atoms with Crippen LogP contribution in [0.15, 0.2) is 0 Å². The van der Waals surface area contributed by atoms with Gasteiger partial charge in [0.1, 0.15) is 0 Å². The Labute approximate surface area is 43.0 Å². The summed E-state index contributed by atoms with van der Waals surface area (Å²) in [7, 11) is 0. The van der Waals surface area contributed by atoms with Gasteiger partial charge in [-0.2, -0.15) is 0 Å². The molecule has 0 aromatic heterocycles. The Balaban J connectivity index is 2.14. The maximum atomic E-state index is 8.07. The highest BCUT2D eigenvalue weighted by Crippen LogP contribution is 2.19. The van der Waals surface area contributed by atoms with Crippen LogP contribution in [0.5, 0.6) is 0 Å². The lowest BCUT2D eigenvalue weighted by Crippen LogP contribution is -2.02. The molecule has 1 N–H and O–H groups in total. The summed E-state index contributed by atoms with van der Waals surface area (Å²) in [4.78, 5) is 4.11. The van der Waals surface area contributed by atoms with Crippen LogP contribution in [0.4, 0.5) is 0 Å². The smallest absolute Gasteiger partial charge is 0.0927 e. The second kappa shape index (κ2) is 2.28. The van der Waals surface area contributed by atoms with Gasteiger partial charge in [0, 0.05) is 0 Å². The minimum atomic E-state index is 0.153. The molecule has 1 rings (SSSR count). The van der Waals surface area contributed by atoms with Crippen LogP contribution in [0, 0.1) is 0 Å². The molecule has 0 heterocycles. The number of rotatable bonds is 1. The minimum Gasteiger partial charge on any atom is -0.252 e. The molecule has 42 valence electrons. The first-order chi connectivity index (χ1) is 3.43. The van der Waals surface area contributed by atoms with E-state index in [-0.39, 0.29) is 6.10 Å². The molecule has 0 bridgehead atoms. The summed E-state index contributed by atoms with van der Waals surface area (Å²) >= 11 is 0. The molecule has 0 unspecified atom stereocenters. The Kier molecular flexibility index (Phi) is 1.65. The van der Waals surface area contributed by atoms with Crippen molar-refractivity contribution in [2.75, 3.05) is 0 Å². The molecule has 1 saturated carbocycles. The van der Waals surface area contributed by atoms with Gasteiger partial charge in [-0.05, 0) is 12.8 Å². The Morgan fingerprint density at radius 1 is 1.29 bits per heavy atom. The highest BCUT2D eigenvalue weighted by atomic mass is 17.1. The van der Waals surface area contributed by atoms with E-state index >= 15 is 0 Å². The van der Waals surface area contributed by atoms with Crippen molar-refractivity contribution in [3.8, 4) is 0 Å². The molecule has 0 spiro atoms. The SMILES string of the molecule is OOC1CCCC1. The van der Waals surface area contributed by atoms with Gasteiger partial charge in [0.05, 0.1) is 6.10 Å². The lowest BCUT2D eigenvalue weighted by Gasteiger charge is -1.99. The first-order valence-corrected chi connectivity index (χ1v) is 2.73. The zero-order valence-electron chi connectivity index (χ0n) is 4.26. The van der Waals surface area contributed by atoms with Crippen molar-refractivity contribution < 1.29 is 10.1 Å². The van der Waals surface area contributed by atoms with Gasteiger partial charge in [-0.1, -0.05) is 12.8 Å². The fourth-order valence-electron chi connectivity index (χ4n) is 0.994. The van der Waals surface area contributed by atoms with E-state index < -0.39 is 0 Å². The molecule has 1 fully saturated rings. The van der Waals surface area contributed by atoms with E-state index in [0.717, 1.165) is 12.8 Å². The quantitative estimate of drug-likeness (QED) is 0.400. The van der Waals surface area contributed by atoms with Crippen molar-refractivity contribution in [3.05, 3.63) is 0 Å². The van der Waals surface area contributed by atoms with Gasteiger partial charge in [0.2, 0.25) is 0 Å². The summed E-state index contributed by atoms with van der Waals surface area (Å²) in [6, 6.07) is 0. The first-order valence-electron chi connectivity index (χ1n) is 2.73. The van der Waals surface area contributed by atoms with Gasteiger partial charge in [-0.3, -0.25) is 5.26 Å². The Bertz CT molecular complexity index is 48.0. The van der Waals surface area contributed by atoms with E-state index in [4.69, 9.17) is 5.26 Å². The molecular formula is C5H10O2. The van der Waals surface area contributed by atoms with Crippen molar-refractivity contribution in [1.82, 2.24) is 0 Å². The van der Waals surface area contributed by atoms with Crippen molar-refractivity contribution >= 4 is 0 Å². The van der Waals surface area contributed by atoms with E-state index in [2.05, 4.69) is 4.89 Å². The molecule has 0 amide bonds.